The van der Waals surface area contributed by atoms with E-state index in [2.05, 4.69) is 36.3 Å². The molecule has 0 atom stereocenters. The fourth-order valence-electron chi connectivity index (χ4n) is 1.46. The van der Waals surface area contributed by atoms with Crippen molar-refractivity contribution in [3.05, 3.63) is 23.2 Å². The molecule has 1 heterocycles. The monoisotopic (exact) mass is 298 g/mol. The van der Waals surface area contributed by atoms with Crippen molar-refractivity contribution in [3.8, 4) is 0 Å². The van der Waals surface area contributed by atoms with Gasteiger partial charge in [-0.25, -0.2) is 4.98 Å². The van der Waals surface area contributed by atoms with Gasteiger partial charge in [-0.1, -0.05) is 44.2 Å². The van der Waals surface area contributed by atoms with Gasteiger partial charge in [-0.15, -0.1) is 11.3 Å². The summed E-state index contributed by atoms with van der Waals surface area (Å²) in [7, 11) is 0. The van der Waals surface area contributed by atoms with Crippen LogP contribution in [0.25, 0.3) is 0 Å². The van der Waals surface area contributed by atoms with Crippen LogP contribution in [0.3, 0.4) is 0 Å². The first-order chi connectivity index (χ1) is 9.27. The number of rotatable bonds is 9. The first kappa shape index (κ1) is 16.2. The summed E-state index contributed by atoms with van der Waals surface area (Å²) in [5.74, 6) is 0.983. The van der Waals surface area contributed by atoms with Crippen molar-refractivity contribution in [1.82, 2.24) is 10.3 Å². The minimum absolute atomic E-state index is 0.00186. The zero-order valence-corrected chi connectivity index (χ0v) is 13.3. The second-order valence-electron chi connectivity index (χ2n) is 4.08. The molecule has 0 saturated heterocycles. The van der Waals surface area contributed by atoms with Crippen LogP contribution in [0.5, 0.6) is 0 Å². The topological polar surface area (TPSA) is 42.0 Å². The molecule has 0 saturated carbocycles. The number of thiazole rings is 1. The largest absolute Gasteiger partial charge is 0.351 e. The minimum Gasteiger partial charge on any atom is -0.351 e. The van der Waals surface area contributed by atoms with Crippen molar-refractivity contribution in [2.45, 2.75) is 43.9 Å². The lowest BCUT2D eigenvalue weighted by atomic mass is 10.2. The van der Waals surface area contributed by atoms with Gasteiger partial charge in [-0.05, 0) is 25.0 Å². The van der Waals surface area contributed by atoms with Crippen LogP contribution < -0.4 is 5.32 Å². The maximum Gasteiger partial charge on any atom is 0.263 e. The van der Waals surface area contributed by atoms with Gasteiger partial charge in [0.25, 0.3) is 5.91 Å². The van der Waals surface area contributed by atoms with E-state index in [1.807, 2.05) is 0 Å². The average Bonchev–Trinajstić information content (AvgIpc) is 2.87. The van der Waals surface area contributed by atoms with Crippen LogP contribution in [0.2, 0.25) is 0 Å². The number of amides is 1. The lowest BCUT2D eigenvalue weighted by Gasteiger charge is -2.01. The summed E-state index contributed by atoms with van der Waals surface area (Å²) in [6.07, 6.45) is 10.4. The zero-order valence-electron chi connectivity index (χ0n) is 11.6. The first-order valence-electron chi connectivity index (χ1n) is 6.79. The fraction of sp³-hybridized carbons (Fsp3) is 0.571. The van der Waals surface area contributed by atoms with Crippen LogP contribution in [0, 0.1) is 0 Å². The van der Waals surface area contributed by atoms with Crippen molar-refractivity contribution < 1.29 is 4.79 Å². The highest BCUT2D eigenvalue weighted by atomic mass is 32.2. The molecule has 0 aliphatic heterocycles. The van der Waals surface area contributed by atoms with E-state index < -0.39 is 0 Å². The second kappa shape index (κ2) is 10.0. The Balaban J connectivity index is 2.19. The summed E-state index contributed by atoms with van der Waals surface area (Å²) in [4.78, 5) is 16.8. The summed E-state index contributed by atoms with van der Waals surface area (Å²) in [6, 6.07) is 0. The molecule has 0 spiro atoms. The number of thioether (sulfide) groups is 1. The van der Waals surface area contributed by atoms with E-state index in [0.717, 1.165) is 35.9 Å². The van der Waals surface area contributed by atoms with Crippen LogP contribution >= 0.6 is 23.1 Å². The minimum atomic E-state index is -0.00186. The van der Waals surface area contributed by atoms with Gasteiger partial charge in [0.2, 0.25) is 0 Å². The van der Waals surface area contributed by atoms with E-state index in [1.54, 1.807) is 18.0 Å². The summed E-state index contributed by atoms with van der Waals surface area (Å²) < 4.78 is 0.968. The predicted molar refractivity (Wildman–Crippen MR) is 84.1 cm³/mol. The smallest absolute Gasteiger partial charge is 0.263 e. The Morgan fingerprint density at radius 1 is 1.42 bits per heavy atom. The third-order valence-electron chi connectivity index (χ3n) is 2.43. The first-order valence-corrected chi connectivity index (χ1v) is 8.60. The van der Waals surface area contributed by atoms with Crippen molar-refractivity contribution in [2.75, 3.05) is 12.3 Å². The number of unbranched alkanes of at least 4 members (excludes halogenated alkanes) is 2. The third kappa shape index (κ3) is 6.78. The zero-order chi connectivity index (χ0) is 13.9. The fourth-order valence-corrected chi connectivity index (χ4v) is 3.26. The number of nitrogens with one attached hydrogen (secondary N) is 1. The highest BCUT2D eigenvalue weighted by molar-refractivity contribution is 8.01. The standard InChI is InChI=1S/C14H22N2OS2/c1-3-5-6-7-8-9-10-15-13(17)12-11-16-14(19-12)18-4-2/h6-7,11H,3-5,8-10H2,1-2H3,(H,15,17)/b7-6+. The molecule has 0 unspecified atom stereocenters. The number of aromatic nitrogens is 1. The molecule has 5 heteroatoms. The van der Waals surface area contributed by atoms with Gasteiger partial charge in [-0.3, -0.25) is 4.79 Å². The highest BCUT2D eigenvalue weighted by Crippen LogP contribution is 2.23. The number of allylic oxidation sites excluding steroid dienone is 2. The summed E-state index contributed by atoms with van der Waals surface area (Å²) >= 11 is 3.14. The molecule has 1 rings (SSSR count). The molecule has 19 heavy (non-hydrogen) atoms. The molecule has 0 aliphatic rings. The lowest BCUT2D eigenvalue weighted by Crippen LogP contribution is -2.23. The number of hydrogen-bond donors (Lipinski definition) is 1. The van der Waals surface area contributed by atoms with Gasteiger partial charge in [0, 0.05) is 6.54 Å². The molecule has 0 radical (unpaired) electrons. The molecule has 0 aliphatic carbocycles. The summed E-state index contributed by atoms with van der Waals surface area (Å²) in [5.41, 5.74) is 0. The normalized spacial score (nSPS) is 11.1. The van der Waals surface area contributed by atoms with Gasteiger partial charge < -0.3 is 5.32 Å². The number of hydrogen-bond acceptors (Lipinski definition) is 4. The van der Waals surface area contributed by atoms with E-state index >= 15 is 0 Å². The van der Waals surface area contributed by atoms with Gasteiger partial charge in [-0.2, -0.15) is 0 Å². The molecule has 1 N–H and O–H groups in total. The van der Waals surface area contributed by atoms with Crippen LogP contribution in [0.4, 0.5) is 0 Å². The molecule has 106 valence electrons. The number of carbonyl (C=O) groups is 1. The molecule has 1 amide bonds. The molecule has 1 aromatic heterocycles. The van der Waals surface area contributed by atoms with E-state index in [0.29, 0.717) is 4.88 Å². The quantitative estimate of drug-likeness (QED) is 0.423. The van der Waals surface area contributed by atoms with Crippen LogP contribution in [0.1, 0.15) is 49.2 Å². The Hall–Kier alpha value is -0.810. The van der Waals surface area contributed by atoms with Crippen molar-refractivity contribution in [1.29, 1.82) is 0 Å². The Morgan fingerprint density at radius 2 is 2.21 bits per heavy atom. The Labute approximate surface area is 123 Å². The maximum absolute atomic E-state index is 11.8. The van der Waals surface area contributed by atoms with Crippen LogP contribution in [0.15, 0.2) is 22.7 Å². The number of carbonyl (C=O) groups excluding carboxylic acids is 1. The highest BCUT2D eigenvalue weighted by Gasteiger charge is 2.09. The Kier molecular flexibility index (Phi) is 8.58. The predicted octanol–water partition coefficient (Wildman–Crippen LogP) is 4.12. The van der Waals surface area contributed by atoms with Gasteiger partial charge in [0.15, 0.2) is 4.34 Å². The van der Waals surface area contributed by atoms with Crippen LogP contribution in [-0.4, -0.2) is 23.2 Å². The Morgan fingerprint density at radius 3 is 2.95 bits per heavy atom. The van der Waals surface area contributed by atoms with E-state index in [9.17, 15) is 4.79 Å². The lowest BCUT2D eigenvalue weighted by molar-refractivity contribution is 0.0957. The molecule has 0 aromatic carbocycles. The maximum atomic E-state index is 11.8. The SMILES string of the molecule is CCC/C=C/CCCNC(=O)c1cnc(SCC)s1. The summed E-state index contributed by atoms with van der Waals surface area (Å²) in [5, 5.41) is 2.93. The molecule has 0 bridgehead atoms. The average molecular weight is 298 g/mol. The van der Waals surface area contributed by atoms with Crippen molar-refractivity contribution in [3.63, 3.8) is 0 Å². The van der Waals surface area contributed by atoms with Crippen molar-refractivity contribution in [2.24, 2.45) is 0 Å². The van der Waals surface area contributed by atoms with Gasteiger partial charge in [0.05, 0.1) is 6.20 Å². The molecular weight excluding hydrogens is 276 g/mol. The van der Waals surface area contributed by atoms with Gasteiger partial charge >= 0.3 is 0 Å². The molecule has 1 aromatic rings. The molecule has 0 fully saturated rings. The third-order valence-corrected chi connectivity index (χ3v) is 4.47. The van der Waals surface area contributed by atoms with Gasteiger partial charge in [0.1, 0.15) is 4.88 Å². The van der Waals surface area contributed by atoms with Crippen molar-refractivity contribution >= 4 is 29.0 Å². The second-order valence-corrected chi connectivity index (χ2v) is 6.62. The Bertz CT molecular complexity index is 402. The van der Waals surface area contributed by atoms with Crippen LogP contribution in [-0.2, 0) is 0 Å². The molecule has 3 nitrogen and oxygen atoms in total. The van der Waals surface area contributed by atoms with E-state index in [4.69, 9.17) is 0 Å². The number of nitrogens with zero attached hydrogens (tertiary/aromatic N) is 1. The molecular formula is C14H22N2OS2. The van der Waals surface area contributed by atoms with E-state index in [-0.39, 0.29) is 5.91 Å². The summed E-state index contributed by atoms with van der Waals surface area (Å²) in [6.45, 7) is 4.98. The van der Waals surface area contributed by atoms with E-state index in [1.165, 1.54) is 17.8 Å².